The molecule has 1 aliphatic heterocycles. The Morgan fingerprint density at radius 3 is 1.79 bits per heavy atom. The smallest absolute Gasteiger partial charge is 0.0144 e. The molecule has 1 saturated carbocycles. The quantitative estimate of drug-likeness (QED) is 0.796. The maximum Gasteiger partial charge on any atom is 0.0144 e. The third-order valence-electron chi connectivity index (χ3n) is 4.97. The summed E-state index contributed by atoms with van der Waals surface area (Å²) in [7, 11) is 0. The average molecular weight is 266 g/mol. The minimum absolute atomic E-state index is 0.247. The maximum atomic E-state index is 3.99. The van der Waals surface area contributed by atoms with Crippen LogP contribution in [0.2, 0.25) is 0 Å². The summed E-state index contributed by atoms with van der Waals surface area (Å²) < 4.78 is 0. The summed E-state index contributed by atoms with van der Waals surface area (Å²) in [5, 5.41) is 7.77. The summed E-state index contributed by atoms with van der Waals surface area (Å²) in [4.78, 5) is 0. The van der Waals surface area contributed by atoms with E-state index in [-0.39, 0.29) is 11.1 Å². The van der Waals surface area contributed by atoms with Crippen LogP contribution in [0.3, 0.4) is 0 Å². The second-order valence-electron chi connectivity index (χ2n) is 9.32. The molecule has 0 bridgehead atoms. The Morgan fingerprint density at radius 1 is 0.842 bits per heavy atom. The molecule has 0 spiro atoms. The standard InChI is InChI=1S/C17H34N2/c1-12-8-15(2,3)11-14(12)18-13-9-16(4,5)19-17(6,7)10-13/h12-14,18-19H,8-11H2,1-7H3. The van der Waals surface area contributed by atoms with Crippen LogP contribution in [0.25, 0.3) is 0 Å². The topological polar surface area (TPSA) is 24.1 Å². The van der Waals surface area contributed by atoms with E-state index >= 15 is 0 Å². The van der Waals surface area contributed by atoms with Gasteiger partial charge in [-0.25, -0.2) is 0 Å². The van der Waals surface area contributed by atoms with Crippen molar-refractivity contribution in [2.75, 3.05) is 0 Å². The molecule has 2 rings (SSSR count). The first-order chi connectivity index (χ1) is 8.48. The molecular weight excluding hydrogens is 232 g/mol. The first-order valence-electron chi connectivity index (χ1n) is 8.04. The van der Waals surface area contributed by atoms with Crippen LogP contribution < -0.4 is 10.6 Å². The average Bonchev–Trinajstić information content (AvgIpc) is 2.33. The van der Waals surface area contributed by atoms with Crippen molar-refractivity contribution in [2.24, 2.45) is 11.3 Å². The highest BCUT2D eigenvalue weighted by Gasteiger charge is 2.41. The number of hydrogen-bond donors (Lipinski definition) is 2. The summed E-state index contributed by atoms with van der Waals surface area (Å²) >= 11 is 0. The Bertz CT molecular complexity index is 314. The summed E-state index contributed by atoms with van der Waals surface area (Å²) in [6.45, 7) is 16.6. The molecule has 0 aromatic heterocycles. The molecule has 1 saturated heterocycles. The Labute approximate surface area is 120 Å². The summed E-state index contributed by atoms with van der Waals surface area (Å²) in [6.07, 6.45) is 5.17. The molecule has 0 radical (unpaired) electrons. The van der Waals surface area contributed by atoms with E-state index in [1.807, 2.05) is 0 Å². The lowest BCUT2D eigenvalue weighted by Gasteiger charge is -2.47. The second-order valence-corrected chi connectivity index (χ2v) is 9.32. The van der Waals surface area contributed by atoms with Crippen molar-refractivity contribution in [3.05, 3.63) is 0 Å². The third-order valence-corrected chi connectivity index (χ3v) is 4.97. The molecular formula is C17H34N2. The lowest BCUT2D eigenvalue weighted by molar-refractivity contribution is 0.135. The van der Waals surface area contributed by atoms with Gasteiger partial charge in [0, 0.05) is 23.2 Å². The summed E-state index contributed by atoms with van der Waals surface area (Å²) in [5.74, 6) is 0.816. The monoisotopic (exact) mass is 266 g/mol. The summed E-state index contributed by atoms with van der Waals surface area (Å²) in [5.41, 5.74) is 1.02. The lowest BCUT2D eigenvalue weighted by Crippen LogP contribution is -2.62. The number of piperidine rings is 1. The van der Waals surface area contributed by atoms with E-state index in [4.69, 9.17) is 0 Å². The molecule has 0 amide bonds. The number of nitrogens with one attached hydrogen (secondary N) is 2. The molecule has 2 fully saturated rings. The zero-order valence-electron chi connectivity index (χ0n) is 14.1. The van der Waals surface area contributed by atoms with E-state index in [1.54, 1.807) is 0 Å². The van der Waals surface area contributed by atoms with E-state index in [9.17, 15) is 0 Å². The van der Waals surface area contributed by atoms with Gasteiger partial charge in [-0.05, 0) is 64.7 Å². The molecule has 2 atom stereocenters. The predicted octanol–water partition coefficient (Wildman–Crippen LogP) is 3.71. The van der Waals surface area contributed by atoms with Crippen LogP contribution in [0, 0.1) is 11.3 Å². The third kappa shape index (κ3) is 3.95. The zero-order chi connectivity index (χ0) is 14.5. The SMILES string of the molecule is CC1CC(C)(C)CC1NC1CC(C)(C)NC(C)(C)C1. The molecule has 19 heavy (non-hydrogen) atoms. The largest absolute Gasteiger partial charge is 0.311 e. The second kappa shape index (κ2) is 4.73. The Balaban J connectivity index is 1.99. The van der Waals surface area contributed by atoms with Gasteiger partial charge in [-0.3, -0.25) is 0 Å². The van der Waals surface area contributed by atoms with E-state index in [0.29, 0.717) is 17.5 Å². The molecule has 2 N–H and O–H groups in total. The highest BCUT2D eigenvalue weighted by atomic mass is 15.1. The van der Waals surface area contributed by atoms with Gasteiger partial charge in [0.1, 0.15) is 0 Å². The van der Waals surface area contributed by atoms with Crippen LogP contribution in [0.1, 0.15) is 74.1 Å². The van der Waals surface area contributed by atoms with Gasteiger partial charge in [0.15, 0.2) is 0 Å². The Morgan fingerprint density at radius 2 is 1.37 bits per heavy atom. The van der Waals surface area contributed by atoms with Gasteiger partial charge in [0.2, 0.25) is 0 Å². The lowest BCUT2D eigenvalue weighted by atomic mass is 9.79. The first-order valence-corrected chi connectivity index (χ1v) is 8.04. The van der Waals surface area contributed by atoms with Crippen molar-refractivity contribution >= 4 is 0 Å². The van der Waals surface area contributed by atoms with Crippen molar-refractivity contribution in [3.63, 3.8) is 0 Å². The molecule has 0 aromatic carbocycles. The minimum atomic E-state index is 0.247. The van der Waals surface area contributed by atoms with Gasteiger partial charge in [-0.2, -0.15) is 0 Å². The van der Waals surface area contributed by atoms with Crippen LogP contribution >= 0.6 is 0 Å². The zero-order valence-corrected chi connectivity index (χ0v) is 14.1. The van der Waals surface area contributed by atoms with Crippen molar-refractivity contribution in [1.29, 1.82) is 0 Å². The van der Waals surface area contributed by atoms with Crippen LogP contribution in [0.4, 0.5) is 0 Å². The van der Waals surface area contributed by atoms with Crippen LogP contribution in [-0.2, 0) is 0 Å². The molecule has 2 heteroatoms. The van der Waals surface area contributed by atoms with Gasteiger partial charge in [0.25, 0.3) is 0 Å². The van der Waals surface area contributed by atoms with Gasteiger partial charge in [0.05, 0.1) is 0 Å². The van der Waals surface area contributed by atoms with E-state index in [2.05, 4.69) is 59.1 Å². The predicted molar refractivity (Wildman–Crippen MR) is 83.4 cm³/mol. The molecule has 1 aliphatic carbocycles. The Hall–Kier alpha value is -0.0800. The fraction of sp³-hybridized carbons (Fsp3) is 1.00. The highest BCUT2D eigenvalue weighted by molar-refractivity contribution is 5.02. The first kappa shape index (κ1) is 15.3. The fourth-order valence-corrected chi connectivity index (χ4v) is 4.86. The molecule has 112 valence electrons. The molecule has 2 nitrogen and oxygen atoms in total. The molecule has 2 unspecified atom stereocenters. The van der Waals surface area contributed by atoms with Crippen LogP contribution in [-0.4, -0.2) is 23.2 Å². The Kier molecular flexibility index (Phi) is 3.81. The van der Waals surface area contributed by atoms with Crippen molar-refractivity contribution < 1.29 is 0 Å². The number of rotatable bonds is 2. The number of hydrogen-bond acceptors (Lipinski definition) is 2. The normalized spacial score (nSPS) is 37.4. The van der Waals surface area contributed by atoms with E-state index < -0.39 is 0 Å². The van der Waals surface area contributed by atoms with Gasteiger partial charge in [-0.15, -0.1) is 0 Å². The van der Waals surface area contributed by atoms with E-state index in [1.165, 1.54) is 25.7 Å². The van der Waals surface area contributed by atoms with Crippen molar-refractivity contribution in [2.45, 2.75) is 97.3 Å². The van der Waals surface area contributed by atoms with Crippen molar-refractivity contribution in [3.8, 4) is 0 Å². The molecule has 0 aromatic rings. The van der Waals surface area contributed by atoms with Crippen LogP contribution in [0.5, 0.6) is 0 Å². The van der Waals surface area contributed by atoms with Gasteiger partial charge in [-0.1, -0.05) is 20.8 Å². The fourth-order valence-electron chi connectivity index (χ4n) is 4.86. The highest BCUT2D eigenvalue weighted by Crippen LogP contribution is 2.41. The summed E-state index contributed by atoms with van der Waals surface area (Å²) in [6, 6.07) is 1.37. The maximum absolute atomic E-state index is 3.99. The molecule has 1 heterocycles. The van der Waals surface area contributed by atoms with Gasteiger partial charge < -0.3 is 10.6 Å². The van der Waals surface area contributed by atoms with Crippen molar-refractivity contribution in [1.82, 2.24) is 10.6 Å². The minimum Gasteiger partial charge on any atom is -0.311 e. The van der Waals surface area contributed by atoms with E-state index in [0.717, 1.165) is 5.92 Å². The van der Waals surface area contributed by atoms with Gasteiger partial charge >= 0.3 is 0 Å². The van der Waals surface area contributed by atoms with Crippen LogP contribution in [0.15, 0.2) is 0 Å². The molecule has 2 aliphatic rings.